The van der Waals surface area contributed by atoms with Crippen LogP contribution < -0.4 is 0 Å². The van der Waals surface area contributed by atoms with Gasteiger partial charge < -0.3 is 0 Å². The van der Waals surface area contributed by atoms with Crippen LogP contribution in [0.25, 0.3) is 45.6 Å². The molecule has 0 aromatic heterocycles. The molecule has 0 heterocycles. The summed E-state index contributed by atoms with van der Waals surface area (Å²) in [4.78, 5) is 0. The second-order valence-corrected chi connectivity index (χ2v) is 8.89. The Balaban J connectivity index is 1.34. The highest BCUT2D eigenvalue weighted by Gasteiger charge is 2.06. The molecule has 0 unspecified atom stereocenters. The van der Waals surface area contributed by atoms with E-state index in [1.54, 1.807) is 0 Å². The van der Waals surface area contributed by atoms with Gasteiger partial charge in [-0.1, -0.05) is 133 Å². The lowest BCUT2D eigenvalue weighted by atomic mass is 9.97. The fraction of sp³-hybridized carbons (Fsp3) is 0. The van der Waals surface area contributed by atoms with Crippen molar-refractivity contribution in [2.24, 2.45) is 0 Å². The molecular weight excluding hydrogens is 460 g/mol. The molecule has 0 fully saturated rings. The molecule has 0 aliphatic carbocycles. The predicted molar refractivity (Wildman–Crippen MR) is 157 cm³/mol. The average molecular weight is 485 g/mol. The monoisotopic (exact) mass is 484 g/mol. The van der Waals surface area contributed by atoms with E-state index < -0.39 is 0 Å². The third-order valence-electron chi connectivity index (χ3n) is 6.41. The summed E-state index contributed by atoms with van der Waals surface area (Å²) in [6.45, 7) is 0. The Bertz CT molecular complexity index is 1530. The maximum absolute atomic E-state index is 9.82. The predicted octanol–water partition coefficient (Wildman–Crippen LogP) is 9.15. The third-order valence-corrected chi connectivity index (χ3v) is 6.41. The Morgan fingerprint density at radius 1 is 0.395 bits per heavy atom. The van der Waals surface area contributed by atoms with Crippen LogP contribution in [0.4, 0.5) is 0 Å². The number of allylic oxidation sites excluding steroid dienone is 2. The van der Waals surface area contributed by atoms with Crippen LogP contribution in [0.15, 0.2) is 133 Å². The van der Waals surface area contributed by atoms with Gasteiger partial charge in [-0.2, -0.15) is 10.5 Å². The van der Waals surface area contributed by atoms with Crippen molar-refractivity contribution < 1.29 is 0 Å². The number of hydrogen-bond acceptors (Lipinski definition) is 2. The first-order chi connectivity index (χ1) is 18.7. The number of rotatable bonds is 6. The summed E-state index contributed by atoms with van der Waals surface area (Å²) in [5.74, 6) is 0. The van der Waals surface area contributed by atoms with Crippen LogP contribution in [0, 0.1) is 22.7 Å². The molecule has 0 aliphatic rings. The largest absolute Gasteiger partial charge is 0.192 e. The van der Waals surface area contributed by atoms with Crippen molar-refractivity contribution >= 4 is 23.3 Å². The zero-order chi connectivity index (χ0) is 26.2. The first-order valence-corrected chi connectivity index (χ1v) is 12.4. The molecule has 5 aromatic rings. The number of nitriles is 2. The van der Waals surface area contributed by atoms with E-state index in [-0.39, 0.29) is 0 Å². The summed E-state index contributed by atoms with van der Waals surface area (Å²) in [6.07, 6.45) is 3.78. The van der Waals surface area contributed by atoms with E-state index in [2.05, 4.69) is 60.7 Å². The van der Waals surface area contributed by atoms with Crippen LogP contribution in [0.5, 0.6) is 0 Å². The minimum atomic E-state index is 0.572. The molecule has 5 rings (SSSR count). The molecule has 0 saturated heterocycles. The molecule has 38 heavy (non-hydrogen) atoms. The SMILES string of the molecule is N#CC(=Cc1ccc(-c2ccccc2)cc1)c1ccc(C(C#N)=Cc2ccc(-c3ccccc3)cc2)cc1. The normalized spacial score (nSPS) is 11.4. The number of benzene rings is 5. The second kappa shape index (κ2) is 11.5. The quantitative estimate of drug-likeness (QED) is 0.178. The smallest absolute Gasteiger partial charge is 0.0998 e. The molecule has 0 radical (unpaired) electrons. The standard InChI is InChI=1S/C36H24N2/c37-25-35(23-27-11-15-31(16-12-27)29-7-3-1-4-8-29)33-19-21-34(22-20-33)36(26-38)24-28-13-17-32(18-14-28)30-9-5-2-6-10-30/h1-24H. The van der Waals surface area contributed by atoms with Crippen molar-refractivity contribution in [1.82, 2.24) is 0 Å². The Morgan fingerprint density at radius 3 is 1.03 bits per heavy atom. The minimum Gasteiger partial charge on any atom is -0.192 e. The average Bonchev–Trinajstić information content (AvgIpc) is 3.00. The van der Waals surface area contributed by atoms with Gasteiger partial charge in [0.25, 0.3) is 0 Å². The molecule has 2 nitrogen and oxygen atoms in total. The lowest BCUT2D eigenvalue weighted by Crippen LogP contribution is -1.87. The van der Waals surface area contributed by atoms with Crippen LogP contribution >= 0.6 is 0 Å². The molecule has 0 spiro atoms. The lowest BCUT2D eigenvalue weighted by molar-refractivity contribution is 1.50. The molecule has 2 heteroatoms. The molecular formula is C36H24N2. The molecule has 0 amide bonds. The van der Waals surface area contributed by atoms with Crippen molar-refractivity contribution in [2.45, 2.75) is 0 Å². The van der Waals surface area contributed by atoms with E-state index in [0.29, 0.717) is 11.1 Å². The van der Waals surface area contributed by atoms with E-state index in [1.807, 2.05) is 97.1 Å². The van der Waals surface area contributed by atoms with Crippen molar-refractivity contribution in [3.63, 3.8) is 0 Å². The first kappa shape index (κ1) is 24.3. The van der Waals surface area contributed by atoms with Gasteiger partial charge in [-0.05, 0) is 56.7 Å². The Hall–Kier alpha value is -5.44. The fourth-order valence-corrected chi connectivity index (χ4v) is 4.33. The van der Waals surface area contributed by atoms with Crippen LogP contribution in [0.2, 0.25) is 0 Å². The van der Waals surface area contributed by atoms with Crippen LogP contribution in [-0.2, 0) is 0 Å². The topological polar surface area (TPSA) is 47.6 Å². The Kier molecular flexibility index (Phi) is 7.36. The highest BCUT2D eigenvalue weighted by Crippen LogP contribution is 2.25. The third kappa shape index (κ3) is 5.68. The zero-order valence-electron chi connectivity index (χ0n) is 20.8. The molecule has 0 N–H and O–H groups in total. The highest BCUT2D eigenvalue weighted by atomic mass is 14.3. The van der Waals surface area contributed by atoms with E-state index in [1.165, 1.54) is 0 Å². The summed E-state index contributed by atoms with van der Waals surface area (Å²) >= 11 is 0. The molecule has 5 aromatic carbocycles. The maximum Gasteiger partial charge on any atom is 0.0998 e. The molecule has 0 aliphatic heterocycles. The van der Waals surface area contributed by atoms with Gasteiger partial charge in [0.1, 0.15) is 0 Å². The van der Waals surface area contributed by atoms with Gasteiger partial charge >= 0.3 is 0 Å². The van der Waals surface area contributed by atoms with Crippen LogP contribution in [0.1, 0.15) is 22.3 Å². The van der Waals surface area contributed by atoms with Gasteiger partial charge in [-0.15, -0.1) is 0 Å². The van der Waals surface area contributed by atoms with E-state index in [9.17, 15) is 10.5 Å². The fourth-order valence-electron chi connectivity index (χ4n) is 4.33. The van der Waals surface area contributed by atoms with Gasteiger partial charge in [0.15, 0.2) is 0 Å². The Labute approximate surface area is 223 Å². The summed E-state index contributed by atoms with van der Waals surface area (Å²) < 4.78 is 0. The summed E-state index contributed by atoms with van der Waals surface area (Å²) in [7, 11) is 0. The summed E-state index contributed by atoms with van der Waals surface area (Å²) in [5, 5.41) is 19.6. The molecule has 0 bridgehead atoms. The van der Waals surface area contributed by atoms with Crippen molar-refractivity contribution in [3.8, 4) is 34.4 Å². The van der Waals surface area contributed by atoms with Crippen LogP contribution in [-0.4, -0.2) is 0 Å². The summed E-state index contributed by atoms with van der Waals surface area (Å²) in [6, 6.07) is 49.0. The maximum atomic E-state index is 9.82. The number of hydrogen-bond donors (Lipinski definition) is 0. The molecule has 0 atom stereocenters. The van der Waals surface area contributed by atoms with Crippen molar-refractivity contribution in [3.05, 3.63) is 156 Å². The van der Waals surface area contributed by atoms with E-state index in [0.717, 1.165) is 44.5 Å². The van der Waals surface area contributed by atoms with Crippen molar-refractivity contribution in [1.29, 1.82) is 10.5 Å². The van der Waals surface area contributed by atoms with Gasteiger partial charge in [0.2, 0.25) is 0 Å². The van der Waals surface area contributed by atoms with Gasteiger partial charge in [0.05, 0.1) is 23.3 Å². The lowest BCUT2D eigenvalue weighted by Gasteiger charge is -2.05. The molecule has 0 saturated carbocycles. The van der Waals surface area contributed by atoms with Gasteiger partial charge in [-0.3, -0.25) is 0 Å². The Morgan fingerprint density at radius 2 is 0.711 bits per heavy atom. The van der Waals surface area contributed by atoms with Crippen molar-refractivity contribution in [2.75, 3.05) is 0 Å². The summed E-state index contributed by atoms with van der Waals surface area (Å²) in [5.41, 5.74) is 9.28. The second-order valence-electron chi connectivity index (χ2n) is 8.89. The minimum absolute atomic E-state index is 0.572. The number of nitrogens with zero attached hydrogens (tertiary/aromatic N) is 2. The highest BCUT2D eigenvalue weighted by molar-refractivity contribution is 5.92. The van der Waals surface area contributed by atoms with Gasteiger partial charge in [0, 0.05) is 0 Å². The van der Waals surface area contributed by atoms with E-state index >= 15 is 0 Å². The van der Waals surface area contributed by atoms with E-state index in [4.69, 9.17) is 0 Å². The molecule has 178 valence electrons. The van der Waals surface area contributed by atoms with Gasteiger partial charge in [-0.25, -0.2) is 0 Å². The zero-order valence-corrected chi connectivity index (χ0v) is 20.8. The van der Waals surface area contributed by atoms with Crippen LogP contribution in [0.3, 0.4) is 0 Å². The first-order valence-electron chi connectivity index (χ1n) is 12.4.